The zero-order valence-electron chi connectivity index (χ0n) is 16.1. The summed E-state index contributed by atoms with van der Waals surface area (Å²) >= 11 is 1.67. The molecule has 28 heavy (non-hydrogen) atoms. The van der Waals surface area contributed by atoms with E-state index in [9.17, 15) is 9.59 Å². The Balaban J connectivity index is 1.61. The molecule has 2 aliphatic rings. The molecule has 6 nitrogen and oxygen atoms in total. The summed E-state index contributed by atoms with van der Waals surface area (Å²) in [5.41, 5.74) is 0. The van der Waals surface area contributed by atoms with Crippen LogP contribution in [0.2, 0.25) is 0 Å². The van der Waals surface area contributed by atoms with Crippen LogP contribution in [0.5, 0.6) is 0 Å². The maximum Gasteiger partial charge on any atom is 0.303 e. The molecule has 0 spiro atoms. The van der Waals surface area contributed by atoms with E-state index in [0.717, 1.165) is 25.9 Å². The Kier molecular flexibility index (Phi) is 8.21. The molecule has 3 rings (SSSR count). The normalized spacial score (nSPS) is 26.3. The summed E-state index contributed by atoms with van der Waals surface area (Å²) in [6, 6.07) is 3.95. The van der Waals surface area contributed by atoms with E-state index < -0.39 is 5.97 Å². The average molecular weight is 408 g/mol. The van der Waals surface area contributed by atoms with Gasteiger partial charge in [-0.2, -0.15) is 0 Å². The number of carbonyl (C=O) groups excluding carboxylic acids is 1. The first-order chi connectivity index (χ1) is 13.6. The van der Waals surface area contributed by atoms with Crippen LogP contribution in [0.4, 0.5) is 0 Å². The summed E-state index contributed by atoms with van der Waals surface area (Å²) in [5, 5.41) is 10.8. The van der Waals surface area contributed by atoms with E-state index in [4.69, 9.17) is 14.6 Å². The number of ketones is 1. The third-order valence-corrected chi connectivity index (χ3v) is 6.26. The van der Waals surface area contributed by atoms with Gasteiger partial charge in [0.1, 0.15) is 0 Å². The van der Waals surface area contributed by atoms with E-state index in [0.29, 0.717) is 32.7 Å². The molecule has 0 unspecified atom stereocenters. The molecule has 1 aromatic rings. The molecule has 1 aromatic heterocycles. The number of rotatable bonds is 10. The molecule has 0 bridgehead atoms. The van der Waals surface area contributed by atoms with Gasteiger partial charge in [0, 0.05) is 36.7 Å². The molecular formula is C21H29NO5S. The van der Waals surface area contributed by atoms with Crippen LogP contribution in [0.15, 0.2) is 29.7 Å². The summed E-state index contributed by atoms with van der Waals surface area (Å²) in [4.78, 5) is 26.9. The Morgan fingerprint density at radius 1 is 1.36 bits per heavy atom. The average Bonchev–Trinajstić information content (AvgIpc) is 3.31. The number of unbranched alkanes of at least 4 members (excludes halogenated alkanes) is 1. The summed E-state index contributed by atoms with van der Waals surface area (Å²) in [6.45, 7) is 3.45. The lowest BCUT2D eigenvalue weighted by molar-refractivity contribution is -0.137. The van der Waals surface area contributed by atoms with E-state index in [-0.39, 0.29) is 30.3 Å². The van der Waals surface area contributed by atoms with Crippen molar-refractivity contribution in [2.75, 3.05) is 26.3 Å². The summed E-state index contributed by atoms with van der Waals surface area (Å²) < 4.78 is 11.6. The molecular weight excluding hydrogens is 378 g/mol. The molecule has 0 aromatic carbocycles. The molecule has 1 aliphatic carbocycles. The molecule has 0 radical (unpaired) electrons. The number of allylic oxidation sites excluding steroid dienone is 2. The number of thiophene rings is 1. The van der Waals surface area contributed by atoms with Crippen LogP contribution in [-0.4, -0.2) is 60.2 Å². The minimum atomic E-state index is -0.760. The van der Waals surface area contributed by atoms with Crippen LogP contribution in [0.25, 0.3) is 0 Å². The zero-order chi connectivity index (χ0) is 19.8. The second kappa shape index (κ2) is 10.9. The number of morpholine rings is 1. The van der Waals surface area contributed by atoms with Crippen molar-refractivity contribution in [1.82, 2.24) is 4.90 Å². The fraction of sp³-hybridized carbons (Fsp3) is 0.619. The van der Waals surface area contributed by atoms with Gasteiger partial charge < -0.3 is 14.6 Å². The highest BCUT2D eigenvalue weighted by Crippen LogP contribution is 2.34. The van der Waals surface area contributed by atoms with Crippen molar-refractivity contribution in [3.63, 3.8) is 0 Å². The Morgan fingerprint density at radius 2 is 2.18 bits per heavy atom. The Hall–Kier alpha value is -1.54. The van der Waals surface area contributed by atoms with E-state index in [1.807, 2.05) is 17.5 Å². The number of ether oxygens (including phenoxy) is 2. The largest absolute Gasteiger partial charge is 0.481 e. The quantitative estimate of drug-likeness (QED) is 0.474. The number of Topliss-reactive ketones (excluding diaryl/α,β-unsaturated/α-hetero) is 1. The minimum absolute atomic E-state index is 0.0777. The number of nitrogens with zero attached hydrogens (tertiary/aromatic N) is 1. The van der Waals surface area contributed by atoms with Crippen molar-refractivity contribution >= 4 is 23.1 Å². The maximum absolute atomic E-state index is 12.8. The molecule has 154 valence electrons. The highest BCUT2D eigenvalue weighted by Gasteiger charge is 2.45. The monoisotopic (exact) mass is 407 g/mol. The van der Waals surface area contributed by atoms with Gasteiger partial charge in [0.15, 0.2) is 5.78 Å². The standard InChI is InChI=1S/C21H29NO5S/c23-18-14-19(27-15-16-6-5-13-28-16)17(7-3-1-2-4-8-20(24)25)21(18)22-9-11-26-12-10-22/h1,3,5-6,13,17,19,21H,2,4,7-12,14-15H2,(H,24,25)/b3-1-/t17-,19-,21+/m0/s1. The number of carboxylic acids is 1. The van der Waals surface area contributed by atoms with E-state index >= 15 is 0 Å². The second-order valence-corrected chi connectivity index (χ2v) is 8.38. The van der Waals surface area contributed by atoms with Crippen molar-refractivity contribution in [1.29, 1.82) is 0 Å². The van der Waals surface area contributed by atoms with Gasteiger partial charge in [-0.1, -0.05) is 18.2 Å². The van der Waals surface area contributed by atoms with E-state index in [2.05, 4.69) is 17.0 Å². The number of aliphatic carboxylic acids is 1. The topological polar surface area (TPSA) is 76.1 Å². The molecule has 2 fully saturated rings. The lowest BCUT2D eigenvalue weighted by Gasteiger charge is -2.35. The predicted molar refractivity (Wildman–Crippen MR) is 107 cm³/mol. The van der Waals surface area contributed by atoms with Gasteiger partial charge in [-0.15, -0.1) is 11.3 Å². The van der Waals surface area contributed by atoms with E-state index in [1.54, 1.807) is 11.3 Å². The van der Waals surface area contributed by atoms with Crippen LogP contribution < -0.4 is 0 Å². The van der Waals surface area contributed by atoms with Gasteiger partial charge in [0.05, 0.1) is 32.0 Å². The highest BCUT2D eigenvalue weighted by atomic mass is 32.1. The Labute approximate surface area is 170 Å². The van der Waals surface area contributed by atoms with Crippen molar-refractivity contribution < 1.29 is 24.2 Å². The number of carboxylic acid groups (broad SMARTS) is 1. The van der Waals surface area contributed by atoms with E-state index in [1.165, 1.54) is 4.88 Å². The van der Waals surface area contributed by atoms with Crippen LogP contribution >= 0.6 is 11.3 Å². The highest BCUT2D eigenvalue weighted by molar-refractivity contribution is 7.09. The third kappa shape index (κ3) is 5.98. The van der Waals surface area contributed by atoms with Gasteiger partial charge in [-0.05, 0) is 30.7 Å². The molecule has 2 heterocycles. The SMILES string of the molecule is O=C(O)CCC/C=C\C[C@H]1[C@@H](OCc2cccs2)CC(=O)[C@@H]1N1CCOCC1. The molecule has 0 amide bonds. The van der Waals surface area contributed by atoms with Crippen LogP contribution in [0, 0.1) is 5.92 Å². The lowest BCUT2D eigenvalue weighted by atomic mass is 9.95. The first-order valence-corrected chi connectivity index (χ1v) is 10.9. The Morgan fingerprint density at radius 3 is 2.89 bits per heavy atom. The van der Waals surface area contributed by atoms with Crippen molar-refractivity contribution in [2.24, 2.45) is 5.92 Å². The molecule has 7 heteroatoms. The summed E-state index contributed by atoms with van der Waals surface area (Å²) in [6.07, 6.45) is 6.87. The van der Waals surface area contributed by atoms with Gasteiger partial charge in [-0.3, -0.25) is 14.5 Å². The number of carbonyl (C=O) groups is 2. The van der Waals surface area contributed by atoms with Crippen LogP contribution in [0.1, 0.15) is 37.0 Å². The van der Waals surface area contributed by atoms with Crippen molar-refractivity contribution in [3.8, 4) is 0 Å². The number of hydrogen-bond acceptors (Lipinski definition) is 6. The van der Waals surface area contributed by atoms with Gasteiger partial charge in [0.2, 0.25) is 0 Å². The summed E-state index contributed by atoms with van der Waals surface area (Å²) in [7, 11) is 0. The molecule has 1 saturated heterocycles. The molecule has 3 atom stereocenters. The molecule has 1 N–H and O–H groups in total. The fourth-order valence-electron chi connectivity index (χ4n) is 4.03. The van der Waals surface area contributed by atoms with Crippen molar-refractivity contribution in [2.45, 2.75) is 50.9 Å². The first-order valence-electron chi connectivity index (χ1n) is 10.0. The summed E-state index contributed by atoms with van der Waals surface area (Å²) in [5.74, 6) is -0.368. The van der Waals surface area contributed by atoms with Crippen LogP contribution in [-0.2, 0) is 25.7 Å². The predicted octanol–water partition coefficient (Wildman–Crippen LogP) is 3.12. The van der Waals surface area contributed by atoms with Gasteiger partial charge in [0.25, 0.3) is 0 Å². The first kappa shape index (κ1) is 21.2. The maximum atomic E-state index is 12.8. The number of hydrogen-bond donors (Lipinski definition) is 1. The molecule has 1 saturated carbocycles. The second-order valence-electron chi connectivity index (χ2n) is 7.35. The lowest BCUT2D eigenvalue weighted by Crippen LogP contribution is -2.49. The Bertz CT molecular complexity index is 654. The van der Waals surface area contributed by atoms with Crippen molar-refractivity contribution in [3.05, 3.63) is 34.5 Å². The van der Waals surface area contributed by atoms with Gasteiger partial charge >= 0.3 is 5.97 Å². The van der Waals surface area contributed by atoms with Gasteiger partial charge in [-0.25, -0.2) is 0 Å². The smallest absolute Gasteiger partial charge is 0.303 e. The third-order valence-electron chi connectivity index (χ3n) is 5.41. The minimum Gasteiger partial charge on any atom is -0.481 e. The fourth-order valence-corrected chi connectivity index (χ4v) is 4.66. The molecule has 1 aliphatic heterocycles. The van der Waals surface area contributed by atoms with Crippen LogP contribution in [0.3, 0.4) is 0 Å². The zero-order valence-corrected chi connectivity index (χ0v) is 16.9.